The van der Waals surface area contributed by atoms with E-state index in [0.717, 1.165) is 19.8 Å². The molecule has 1 fully saturated rings. The molecule has 0 atom stereocenters. The summed E-state index contributed by atoms with van der Waals surface area (Å²) in [6, 6.07) is 11.1. The van der Waals surface area contributed by atoms with Crippen molar-refractivity contribution in [1.82, 2.24) is 4.90 Å². The molecule has 0 aliphatic carbocycles. The van der Waals surface area contributed by atoms with Crippen molar-refractivity contribution in [2.24, 2.45) is 0 Å². The molecule has 1 saturated heterocycles. The first-order valence-corrected chi connectivity index (χ1v) is 7.21. The van der Waals surface area contributed by atoms with Gasteiger partial charge in [0.2, 0.25) is 0 Å². The van der Waals surface area contributed by atoms with E-state index in [9.17, 15) is 0 Å². The Hall–Kier alpha value is -1.06. The fourth-order valence-electron chi connectivity index (χ4n) is 2.26. The van der Waals surface area contributed by atoms with Crippen LogP contribution in [0.1, 0.15) is 33.6 Å². The van der Waals surface area contributed by atoms with E-state index >= 15 is 0 Å². The van der Waals surface area contributed by atoms with Crippen molar-refractivity contribution < 1.29 is 4.74 Å². The SMILES string of the molecule is CC(C)(C)OCN1CCC(Nc2ccccc2)CC1. The van der Waals surface area contributed by atoms with Crippen molar-refractivity contribution in [3.05, 3.63) is 30.3 Å². The van der Waals surface area contributed by atoms with Crippen LogP contribution < -0.4 is 5.32 Å². The van der Waals surface area contributed by atoms with E-state index < -0.39 is 0 Å². The summed E-state index contributed by atoms with van der Waals surface area (Å²) in [5.41, 5.74) is 1.19. The second-order valence-corrected chi connectivity index (χ2v) is 6.29. The van der Waals surface area contributed by atoms with Crippen LogP contribution in [0, 0.1) is 0 Å². The Kier molecular flexibility index (Phi) is 4.83. The smallest absolute Gasteiger partial charge is 0.0997 e. The average molecular weight is 262 g/mol. The van der Waals surface area contributed by atoms with Gasteiger partial charge in [0.15, 0.2) is 0 Å². The maximum atomic E-state index is 5.83. The lowest BCUT2D eigenvalue weighted by Crippen LogP contribution is -2.41. The number of para-hydroxylation sites is 1. The summed E-state index contributed by atoms with van der Waals surface area (Å²) >= 11 is 0. The van der Waals surface area contributed by atoms with E-state index in [-0.39, 0.29) is 5.60 Å². The summed E-state index contributed by atoms with van der Waals surface area (Å²) in [6.07, 6.45) is 2.37. The summed E-state index contributed by atoms with van der Waals surface area (Å²) in [5.74, 6) is 0. The van der Waals surface area contributed by atoms with Gasteiger partial charge in [0, 0.05) is 24.8 Å². The molecule has 2 rings (SSSR count). The molecule has 0 bridgehead atoms. The van der Waals surface area contributed by atoms with Gasteiger partial charge in [0.25, 0.3) is 0 Å². The summed E-state index contributed by atoms with van der Waals surface area (Å²) in [6.45, 7) is 9.30. The first kappa shape index (κ1) is 14.4. The third-order valence-corrected chi connectivity index (χ3v) is 3.41. The van der Waals surface area contributed by atoms with Gasteiger partial charge in [-0.1, -0.05) is 18.2 Å². The topological polar surface area (TPSA) is 24.5 Å². The molecule has 0 aromatic heterocycles. The normalized spacial score (nSPS) is 18.5. The minimum Gasteiger partial charge on any atom is -0.382 e. The molecule has 0 unspecified atom stereocenters. The third kappa shape index (κ3) is 5.21. The van der Waals surface area contributed by atoms with Crippen LogP contribution in [0.15, 0.2) is 30.3 Å². The maximum absolute atomic E-state index is 5.83. The molecule has 106 valence electrons. The number of anilines is 1. The predicted octanol–water partition coefficient (Wildman–Crippen LogP) is 3.34. The molecule has 0 radical (unpaired) electrons. The molecule has 0 saturated carbocycles. The standard InChI is InChI=1S/C16H26N2O/c1-16(2,3)19-13-18-11-9-15(10-12-18)17-14-7-5-4-6-8-14/h4-8,15,17H,9-13H2,1-3H3. The van der Waals surface area contributed by atoms with E-state index in [1.54, 1.807) is 0 Å². The minimum absolute atomic E-state index is 0.0425. The number of likely N-dealkylation sites (tertiary alicyclic amines) is 1. The zero-order chi connectivity index (χ0) is 13.7. The second kappa shape index (κ2) is 6.40. The third-order valence-electron chi connectivity index (χ3n) is 3.41. The van der Waals surface area contributed by atoms with Crippen LogP contribution in [0.4, 0.5) is 5.69 Å². The van der Waals surface area contributed by atoms with Crippen LogP contribution in [0.2, 0.25) is 0 Å². The molecule has 3 nitrogen and oxygen atoms in total. The lowest BCUT2D eigenvalue weighted by molar-refractivity contribution is -0.0683. The maximum Gasteiger partial charge on any atom is 0.0997 e. The predicted molar refractivity (Wildman–Crippen MR) is 80.4 cm³/mol. The molecule has 0 amide bonds. The number of hydrogen-bond donors (Lipinski definition) is 1. The lowest BCUT2D eigenvalue weighted by atomic mass is 10.1. The molecular formula is C16H26N2O. The van der Waals surface area contributed by atoms with Crippen LogP contribution in [0.3, 0.4) is 0 Å². The van der Waals surface area contributed by atoms with Crippen molar-refractivity contribution in [3.8, 4) is 0 Å². The van der Waals surface area contributed by atoms with E-state index in [0.29, 0.717) is 6.04 Å². The number of hydrogen-bond acceptors (Lipinski definition) is 3. The quantitative estimate of drug-likeness (QED) is 0.900. The van der Waals surface area contributed by atoms with Gasteiger partial charge in [-0.2, -0.15) is 0 Å². The van der Waals surface area contributed by atoms with Gasteiger partial charge in [-0.25, -0.2) is 0 Å². The Bertz CT molecular complexity index is 364. The van der Waals surface area contributed by atoms with Gasteiger partial charge in [-0.05, 0) is 45.7 Å². The minimum atomic E-state index is -0.0425. The highest BCUT2D eigenvalue weighted by molar-refractivity contribution is 5.43. The Morgan fingerprint density at radius 2 is 1.79 bits per heavy atom. The molecule has 1 aromatic rings. The highest BCUT2D eigenvalue weighted by Gasteiger charge is 2.20. The Labute approximate surface area is 116 Å². The number of nitrogens with one attached hydrogen (secondary N) is 1. The number of nitrogens with zero attached hydrogens (tertiary/aromatic N) is 1. The summed E-state index contributed by atoms with van der Waals surface area (Å²) in [7, 11) is 0. The van der Waals surface area contributed by atoms with Crippen LogP contribution in [0.5, 0.6) is 0 Å². The highest BCUT2D eigenvalue weighted by Crippen LogP contribution is 2.17. The molecule has 1 heterocycles. The average Bonchev–Trinajstić information content (AvgIpc) is 2.38. The van der Waals surface area contributed by atoms with Crippen LogP contribution in [-0.4, -0.2) is 36.4 Å². The van der Waals surface area contributed by atoms with Crippen molar-refractivity contribution in [3.63, 3.8) is 0 Å². The van der Waals surface area contributed by atoms with Crippen molar-refractivity contribution in [2.75, 3.05) is 25.1 Å². The lowest BCUT2D eigenvalue weighted by Gasteiger charge is -2.34. The second-order valence-electron chi connectivity index (χ2n) is 6.29. The molecule has 1 aliphatic heterocycles. The Morgan fingerprint density at radius 3 is 2.37 bits per heavy atom. The summed E-state index contributed by atoms with van der Waals surface area (Å²) in [5, 5.41) is 3.61. The first-order valence-electron chi connectivity index (χ1n) is 7.21. The van der Waals surface area contributed by atoms with Gasteiger partial charge in [0.1, 0.15) is 0 Å². The van der Waals surface area contributed by atoms with E-state index in [1.165, 1.54) is 18.5 Å². The fourth-order valence-corrected chi connectivity index (χ4v) is 2.26. The van der Waals surface area contributed by atoms with E-state index in [4.69, 9.17) is 4.74 Å². The molecule has 19 heavy (non-hydrogen) atoms. The van der Waals surface area contributed by atoms with E-state index in [1.807, 2.05) is 0 Å². The zero-order valence-corrected chi connectivity index (χ0v) is 12.4. The van der Waals surface area contributed by atoms with E-state index in [2.05, 4.69) is 61.3 Å². The van der Waals surface area contributed by atoms with Crippen molar-refractivity contribution in [1.29, 1.82) is 0 Å². The number of rotatable bonds is 4. The van der Waals surface area contributed by atoms with Gasteiger partial charge in [-0.3, -0.25) is 4.90 Å². The molecule has 1 N–H and O–H groups in total. The first-order chi connectivity index (χ1) is 9.03. The Morgan fingerprint density at radius 1 is 1.16 bits per heavy atom. The summed E-state index contributed by atoms with van der Waals surface area (Å²) < 4.78 is 5.83. The Balaban J connectivity index is 1.71. The molecule has 3 heteroatoms. The van der Waals surface area contributed by atoms with Crippen LogP contribution in [-0.2, 0) is 4.74 Å². The largest absolute Gasteiger partial charge is 0.382 e. The summed E-state index contributed by atoms with van der Waals surface area (Å²) in [4.78, 5) is 2.40. The van der Waals surface area contributed by atoms with Crippen LogP contribution >= 0.6 is 0 Å². The monoisotopic (exact) mass is 262 g/mol. The zero-order valence-electron chi connectivity index (χ0n) is 12.4. The molecule has 1 aliphatic rings. The van der Waals surface area contributed by atoms with Crippen molar-refractivity contribution in [2.45, 2.75) is 45.3 Å². The number of ether oxygens (including phenoxy) is 1. The van der Waals surface area contributed by atoms with Gasteiger partial charge in [0.05, 0.1) is 12.3 Å². The van der Waals surface area contributed by atoms with Crippen LogP contribution in [0.25, 0.3) is 0 Å². The highest BCUT2D eigenvalue weighted by atomic mass is 16.5. The molecular weight excluding hydrogens is 236 g/mol. The molecule has 0 spiro atoms. The van der Waals surface area contributed by atoms with Crippen molar-refractivity contribution >= 4 is 5.69 Å². The number of piperidine rings is 1. The van der Waals surface area contributed by atoms with Gasteiger partial charge >= 0.3 is 0 Å². The van der Waals surface area contributed by atoms with Gasteiger partial charge in [-0.15, -0.1) is 0 Å². The molecule has 1 aromatic carbocycles. The fraction of sp³-hybridized carbons (Fsp3) is 0.625. The van der Waals surface area contributed by atoms with Gasteiger partial charge < -0.3 is 10.1 Å². The number of benzene rings is 1.